The number of nitrogens with zero attached hydrogens (tertiary/aromatic N) is 2. The van der Waals surface area contributed by atoms with Crippen LogP contribution in [-0.2, 0) is 0 Å². The topological polar surface area (TPSA) is 16.1 Å². The van der Waals surface area contributed by atoms with Crippen LogP contribution in [0.4, 0.5) is 5.69 Å². The predicted molar refractivity (Wildman–Crippen MR) is 69.3 cm³/mol. The fourth-order valence-electron chi connectivity index (χ4n) is 1.53. The number of halogens is 1. The molecule has 0 fully saturated rings. The third-order valence-corrected chi connectivity index (χ3v) is 3.31. The zero-order valence-electron chi connectivity index (χ0n) is 9.70. The molecule has 0 amide bonds. The van der Waals surface area contributed by atoms with E-state index in [0.29, 0.717) is 0 Å². The SMILES string of the molecule is CCC(C)CN(CC)c1ccncc1Br. The van der Waals surface area contributed by atoms with E-state index in [4.69, 9.17) is 0 Å². The highest BCUT2D eigenvalue weighted by atomic mass is 79.9. The van der Waals surface area contributed by atoms with Gasteiger partial charge in [-0.15, -0.1) is 0 Å². The molecule has 1 aromatic rings. The first-order valence-electron chi connectivity index (χ1n) is 5.53. The molecular formula is C12H19BrN2. The number of rotatable bonds is 5. The monoisotopic (exact) mass is 270 g/mol. The third kappa shape index (κ3) is 3.49. The van der Waals surface area contributed by atoms with Crippen molar-refractivity contribution in [3.63, 3.8) is 0 Å². The molecule has 0 aliphatic carbocycles. The van der Waals surface area contributed by atoms with Crippen LogP contribution in [0.15, 0.2) is 22.9 Å². The lowest BCUT2D eigenvalue weighted by molar-refractivity contribution is 0.547. The minimum atomic E-state index is 0.727. The first kappa shape index (κ1) is 12.5. The highest BCUT2D eigenvalue weighted by Gasteiger charge is 2.10. The van der Waals surface area contributed by atoms with Crippen molar-refractivity contribution in [2.45, 2.75) is 27.2 Å². The lowest BCUT2D eigenvalue weighted by Crippen LogP contribution is -2.28. The van der Waals surface area contributed by atoms with E-state index < -0.39 is 0 Å². The molecule has 0 bridgehead atoms. The average molecular weight is 271 g/mol. The Morgan fingerprint density at radius 3 is 2.73 bits per heavy atom. The van der Waals surface area contributed by atoms with Crippen LogP contribution in [0.2, 0.25) is 0 Å². The van der Waals surface area contributed by atoms with Gasteiger partial charge in [0.2, 0.25) is 0 Å². The largest absolute Gasteiger partial charge is 0.371 e. The molecule has 84 valence electrons. The quantitative estimate of drug-likeness (QED) is 0.811. The summed E-state index contributed by atoms with van der Waals surface area (Å²) in [6, 6.07) is 2.07. The minimum absolute atomic E-state index is 0.727. The minimum Gasteiger partial charge on any atom is -0.371 e. The zero-order valence-corrected chi connectivity index (χ0v) is 11.3. The van der Waals surface area contributed by atoms with Crippen molar-refractivity contribution in [2.24, 2.45) is 5.92 Å². The van der Waals surface area contributed by atoms with E-state index in [1.807, 2.05) is 12.4 Å². The van der Waals surface area contributed by atoms with Crippen LogP contribution in [0, 0.1) is 5.92 Å². The van der Waals surface area contributed by atoms with Crippen molar-refractivity contribution in [1.82, 2.24) is 4.98 Å². The van der Waals surface area contributed by atoms with Gasteiger partial charge >= 0.3 is 0 Å². The Bertz CT molecular complexity index is 301. The van der Waals surface area contributed by atoms with Crippen LogP contribution in [0.1, 0.15) is 27.2 Å². The van der Waals surface area contributed by atoms with Gasteiger partial charge < -0.3 is 4.90 Å². The maximum Gasteiger partial charge on any atom is 0.0592 e. The molecule has 0 aliphatic rings. The first-order chi connectivity index (χ1) is 7.19. The lowest BCUT2D eigenvalue weighted by Gasteiger charge is -2.26. The Hall–Kier alpha value is -0.570. The second-order valence-electron chi connectivity index (χ2n) is 3.88. The average Bonchev–Trinajstić information content (AvgIpc) is 2.26. The Morgan fingerprint density at radius 2 is 2.20 bits per heavy atom. The summed E-state index contributed by atoms with van der Waals surface area (Å²) in [7, 11) is 0. The van der Waals surface area contributed by atoms with Crippen LogP contribution >= 0.6 is 15.9 Å². The Balaban J connectivity index is 2.78. The molecule has 0 radical (unpaired) electrons. The smallest absolute Gasteiger partial charge is 0.0592 e. The van der Waals surface area contributed by atoms with Crippen LogP contribution in [0.3, 0.4) is 0 Å². The van der Waals surface area contributed by atoms with Gasteiger partial charge in [-0.3, -0.25) is 4.98 Å². The van der Waals surface area contributed by atoms with Gasteiger partial charge in [0, 0.05) is 25.5 Å². The van der Waals surface area contributed by atoms with Gasteiger partial charge in [0.1, 0.15) is 0 Å². The first-order valence-corrected chi connectivity index (χ1v) is 6.32. The van der Waals surface area contributed by atoms with E-state index in [9.17, 15) is 0 Å². The van der Waals surface area contributed by atoms with Crippen molar-refractivity contribution in [1.29, 1.82) is 0 Å². The van der Waals surface area contributed by atoms with Crippen molar-refractivity contribution >= 4 is 21.6 Å². The molecule has 0 aromatic carbocycles. The molecule has 1 rings (SSSR count). The van der Waals surface area contributed by atoms with E-state index in [0.717, 1.165) is 23.5 Å². The van der Waals surface area contributed by atoms with Gasteiger partial charge in [0.25, 0.3) is 0 Å². The van der Waals surface area contributed by atoms with Gasteiger partial charge in [-0.05, 0) is 34.8 Å². The van der Waals surface area contributed by atoms with E-state index >= 15 is 0 Å². The lowest BCUT2D eigenvalue weighted by atomic mass is 10.1. The van der Waals surface area contributed by atoms with Gasteiger partial charge in [-0.1, -0.05) is 20.3 Å². The summed E-state index contributed by atoms with van der Waals surface area (Å²) >= 11 is 3.55. The molecule has 1 aromatic heterocycles. The summed E-state index contributed by atoms with van der Waals surface area (Å²) in [4.78, 5) is 6.48. The zero-order chi connectivity index (χ0) is 11.3. The van der Waals surface area contributed by atoms with Crippen molar-refractivity contribution in [3.05, 3.63) is 22.9 Å². The van der Waals surface area contributed by atoms with Gasteiger partial charge in [-0.2, -0.15) is 0 Å². The van der Waals surface area contributed by atoms with E-state index in [1.54, 1.807) is 0 Å². The molecule has 0 aliphatic heterocycles. The Morgan fingerprint density at radius 1 is 1.47 bits per heavy atom. The van der Waals surface area contributed by atoms with Crippen LogP contribution in [0.25, 0.3) is 0 Å². The molecule has 1 unspecified atom stereocenters. The third-order valence-electron chi connectivity index (χ3n) is 2.70. The number of hydrogen-bond donors (Lipinski definition) is 0. The van der Waals surface area contributed by atoms with Crippen molar-refractivity contribution in [3.8, 4) is 0 Å². The number of hydrogen-bond acceptors (Lipinski definition) is 2. The summed E-state index contributed by atoms with van der Waals surface area (Å²) in [5.41, 5.74) is 1.24. The van der Waals surface area contributed by atoms with Gasteiger partial charge in [-0.25, -0.2) is 0 Å². The second kappa shape index (κ2) is 6.11. The van der Waals surface area contributed by atoms with Crippen LogP contribution < -0.4 is 4.90 Å². The molecule has 1 heterocycles. The van der Waals surface area contributed by atoms with Crippen LogP contribution in [-0.4, -0.2) is 18.1 Å². The maximum absolute atomic E-state index is 4.09. The molecule has 2 nitrogen and oxygen atoms in total. The summed E-state index contributed by atoms with van der Waals surface area (Å²) in [6.45, 7) is 8.86. The van der Waals surface area contributed by atoms with E-state index in [-0.39, 0.29) is 0 Å². The highest BCUT2D eigenvalue weighted by molar-refractivity contribution is 9.10. The molecular weight excluding hydrogens is 252 g/mol. The summed E-state index contributed by atoms with van der Waals surface area (Å²) in [5.74, 6) is 0.727. The van der Waals surface area contributed by atoms with E-state index in [2.05, 4.69) is 52.7 Å². The fourth-order valence-corrected chi connectivity index (χ4v) is 2.03. The summed E-state index contributed by atoms with van der Waals surface area (Å²) in [5, 5.41) is 0. The number of pyridine rings is 1. The molecule has 0 saturated carbocycles. The van der Waals surface area contributed by atoms with Gasteiger partial charge in [0.05, 0.1) is 10.2 Å². The Labute approximate surface area is 101 Å². The van der Waals surface area contributed by atoms with Crippen LogP contribution in [0.5, 0.6) is 0 Å². The van der Waals surface area contributed by atoms with E-state index in [1.165, 1.54) is 12.1 Å². The fraction of sp³-hybridized carbons (Fsp3) is 0.583. The second-order valence-corrected chi connectivity index (χ2v) is 4.73. The van der Waals surface area contributed by atoms with Gasteiger partial charge in [0.15, 0.2) is 0 Å². The number of anilines is 1. The van der Waals surface area contributed by atoms with Crippen molar-refractivity contribution in [2.75, 3.05) is 18.0 Å². The normalized spacial score (nSPS) is 12.5. The summed E-state index contributed by atoms with van der Waals surface area (Å²) < 4.78 is 1.08. The molecule has 15 heavy (non-hydrogen) atoms. The Kier molecular flexibility index (Phi) is 5.09. The molecule has 0 saturated heterocycles. The number of aromatic nitrogens is 1. The highest BCUT2D eigenvalue weighted by Crippen LogP contribution is 2.25. The molecule has 0 spiro atoms. The molecule has 1 atom stereocenters. The van der Waals surface area contributed by atoms with Crippen molar-refractivity contribution < 1.29 is 0 Å². The molecule has 3 heteroatoms. The maximum atomic E-state index is 4.09. The predicted octanol–water partition coefficient (Wildman–Crippen LogP) is 3.72. The summed E-state index contributed by atoms with van der Waals surface area (Å²) in [6.07, 6.45) is 4.92. The molecule has 0 N–H and O–H groups in total. The standard InChI is InChI=1S/C12H19BrN2/c1-4-10(3)9-15(5-2)12-6-7-14-8-11(12)13/h6-8,10H,4-5,9H2,1-3H3.